The van der Waals surface area contributed by atoms with Gasteiger partial charge in [-0.25, -0.2) is 0 Å². The van der Waals surface area contributed by atoms with Gasteiger partial charge in [0.05, 0.1) is 38.6 Å². The summed E-state index contributed by atoms with van der Waals surface area (Å²) < 4.78 is 22.8. The molecule has 1 fully saturated rings. The number of nitrogens with two attached hydrogens (primary N) is 3. The van der Waals surface area contributed by atoms with Crippen LogP contribution in [0.25, 0.3) is 33.4 Å². The monoisotopic (exact) mass is 1750 g/mol. The van der Waals surface area contributed by atoms with Crippen molar-refractivity contribution >= 4 is 111 Å². The van der Waals surface area contributed by atoms with Crippen LogP contribution in [-0.2, 0) is 77.8 Å². The number of thioether (sulfide) groups is 1. The van der Waals surface area contributed by atoms with Gasteiger partial charge in [-0.3, -0.25) is 62.3 Å². The number of carbonyl (C=O) groups excluding carboxylic acids is 11. The molecule has 0 radical (unpaired) electrons. The molecular weight excluding hydrogens is 1640 g/mol. The number of primary amides is 1. The van der Waals surface area contributed by atoms with E-state index in [-0.39, 0.29) is 130 Å². The summed E-state index contributed by atoms with van der Waals surface area (Å²) in [7, 11) is 0. The molecule has 13 N–H and O–H groups in total. The summed E-state index contributed by atoms with van der Waals surface area (Å²) in [6.07, 6.45) is 5.29. The summed E-state index contributed by atoms with van der Waals surface area (Å²) in [6, 6.07) is 30.4. The second kappa shape index (κ2) is 47.9. The molecule has 2 aliphatic carbocycles. The highest BCUT2D eigenvalue weighted by Crippen LogP contribution is 2.45. The summed E-state index contributed by atoms with van der Waals surface area (Å²) in [5.74, 6) is -5.32. The fourth-order valence-corrected chi connectivity index (χ4v) is 16.7. The maximum absolute atomic E-state index is 15.1. The minimum absolute atomic E-state index is 0.00838. The standard InChI is InChI=1S/C92H114N12O19S2/c1-58(2)38-67-49-104(87(114)43-60-18-19-60)52-81(108)96-66(26-33-89(116)117)48-103(88(115)44-63-23-32-76-80(42-63)122-57-121-76)53-83(110)98-68(39-59-12-5-3-6-13-59)50-102(86(113)34-37-125-55-61-20-24-64(25-21-61)92(119)99-65(14-9-10-35-93)47-101(51-82(109)97-67)85(112)17-11-36-94)54-84(111)100-75(91(95)118)16-8-4-7-15-71(124)40-62-22-29-72(77(41-62)120-56-105)90-73-30-27-69(106)45-78(73)123-79-46-70(107)28-31-74(79)90/h3,5-6,12-13,20-25,27-32,41-42,45-46,56,58,60,65-68,75,106H,4,7-11,14-19,26,33-40,43-44,47-55,57,93-94H2,1-2H3,(H2,95,118)(H,96,108)(H,97,109)(H,98,110)(H,99,119)(H,100,111)(H,116,117)/t65-,66-,67-,68-,75-/m0/s1. The van der Waals surface area contributed by atoms with Gasteiger partial charge in [-0.1, -0.05) is 106 Å². The molecule has 6 aliphatic rings. The van der Waals surface area contributed by atoms with Crippen LogP contribution in [0.5, 0.6) is 23.0 Å². The van der Waals surface area contributed by atoms with Gasteiger partial charge in [-0.15, -0.1) is 0 Å². The lowest BCUT2D eigenvalue weighted by Crippen LogP contribution is -2.55. The third kappa shape index (κ3) is 30.5. The first-order valence-corrected chi connectivity index (χ1v) is 44.3. The second-order valence-electron chi connectivity index (χ2n) is 32.7. The lowest BCUT2D eigenvalue weighted by Gasteiger charge is -2.32. The van der Waals surface area contributed by atoms with Gasteiger partial charge in [0.1, 0.15) is 28.9 Å². The van der Waals surface area contributed by atoms with Gasteiger partial charge in [0.15, 0.2) is 16.9 Å². The maximum Gasteiger partial charge on any atom is 0.303 e. The van der Waals surface area contributed by atoms with Gasteiger partial charge in [0, 0.05) is 128 Å². The average molecular weight is 1760 g/mol. The number of nitrogens with one attached hydrogen (secondary N) is 5. The molecule has 4 heterocycles. The number of ether oxygens (including phenoxy) is 3. The largest absolute Gasteiger partial charge is 0.508 e. The van der Waals surface area contributed by atoms with Crippen molar-refractivity contribution in [2.24, 2.45) is 29.0 Å². The quantitative estimate of drug-likeness (QED) is 0.00621. The highest BCUT2D eigenvalue weighted by molar-refractivity contribution is 7.98. The van der Waals surface area contributed by atoms with Crippen molar-refractivity contribution in [2.45, 2.75) is 178 Å². The number of carbonyl (C=O) groups is 12. The van der Waals surface area contributed by atoms with Crippen molar-refractivity contribution in [1.29, 1.82) is 0 Å². The number of phenolic OH excluding ortho intramolecular Hbond substituents is 1. The minimum Gasteiger partial charge on any atom is -0.508 e. The number of rotatable bonds is 33. The molecule has 1 saturated carbocycles. The molecule has 10 amide bonds. The van der Waals surface area contributed by atoms with E-state index in [4.69, 9.17) is 48.0 Å². The molecule has 4 aliphatic heterocycles. The fourth-order valence-electron chi connectivity index (χ4n) is 15.5. The van der Waals surface area contributed by atoms with E-state index in [1.807, 2.05) is 32.0 Å². The summed E-state index contributed by atoms with van der Waals surface area (Å²) in [5, 5.41) is 35.9. The van der Waals surface area contributed by atoms with Gasteiger partial charge < -0.3 is 92.2 Å². The molecule has 5 atom stereocenters. The zero-order valence-corrected chi connectivity index (χ0v) is 72.4. The number of hydrogen-bond acceptors (Lipinski definition) is 22. The van der Waals surface area contributed by atoms with Crippen LogP contribution in [0.15, 0.2) is 137 Å². The third-order valence-electron chi connectivity index (χ3n) is 21.9. The van der Waals surface area contributed by atoms with Crippen LogP contribution in [0.2, 0.25) is 0 Å². The Hall–Kier alpha value is -11.8. The van der Waals surface area contributed by atoms with Crippen LogP contribution in [0.1, 0.15) is 156 Å². The first kappa shape index (κ1) is 95.4. The number of aromatic hydroxyl groups is 1. The predicted molar refractivity (Wildman–Crippen MR) is 475 cm³/mol. The zero-order chi connectivity index (χ0) is 89.5. The topological polar surface area (TPSA) is 454 Å². The number of hydrogen-bond donors (Lipinski definition) is 10. The van der Waals surface area contributed by atoms with E-state index in [9.17, 15) is 63.0 Å². The van der Waals surface area contributed by atoms with Crippen molar-refractivity contribution in [3.05, 3.63) is 165 Å². The van der Waals surface area contributed by atoms with Crippen LogP contribution in [0.3, 0.4) is 0 Å². The van der Waals surface area contributed by atoms with E-state index >= 15 is 9.59 Å². The normalized spacial score (nSPS) is 17.8. The molecule has 2 bridgehead atoms. The lowest BCUT2D eigenvalue weighted by atomic mass is 9.92. The number of fused-ring (bicyclic) bond motifs is 32. The Balaban J connectivity index is 0.901. The molecule has 0 aromatic heterocycles. The van der Waals surface area contributed by atoms with E-state index in [1.54, 1.807) is 84.9 Å². The van der Waals surface area contributed by atoms with E-state index in [0.29, 0.717) is 144 Å². The minimum atomic E-state index is -1.23. The van der Waals surface area contributed by atoms with E-state index < -0.39 is 123 Å². The summed E-state index contributed by atoms with van der Waals surface area (Å²) in [4.78, 5) is 188. The number of carboxylic acid groups (broad SMARTS) is 1. The van der Waals surface area contributed by atoms with E-state index in [2.05, 4.69) is 26.6 Å². The molecule has 0 unspecified atom stereocenters. The molecule has 31 nitrogen and oxygen atoms in total. The Labute approximate surface area is 736 Å². The molecule has 0 spiro atoms. The SMILES string of the molecule is CC(C)C[C@H]1CN(C(=O)CC2CC2)CC(=O)N[C@@H](CCC(=O)O)CN(C(=O)Cc2ccc3c(c2)OCO3)CC(=O)N[C@@H](Cc2ccccc2)CN(CC(=O)N[C@@H](CCCCCC(=S)Cc2ccc(-c3c4ccc(=O)cc-4oc4cc(O)ccc34)c(OC=O)c2)C(N)=O)C(=O)CCSCc2ccc(cc2)C(=O)N[C@@H](CCCCN)CN(C(=O)CCCN)CC(=O)N1. The molecule has 33 heteroatoms. The van der Waals surface area contributed by atoms with Crippen LogP contribution < -0.4 is 63.4 Å². The Morgan fingerprint density at radius 1 is 0.648 bits per heavy atom. The van der Waals surface area contributed by atoms with Crippen molar-refractivity contribution in [3.8, 4) is 45.4 Å². The van der Waals surface area contributed by atoms with E-state index in [0.717, 1.165) is 24.0 Å². The predicted octanol–water partition coefficient (Wildman–Crippen LogP) is 7.64. The number of unbranched alkanes of at least 4 members (excludes halogenated alkanes) is 3. The van der Waals surface area contributed by atoms with Crippen molar-refractivity contribution in [3.63, 3.8) is 0 Å². The van der Waals surface area contributed by atoms with Crippen LogP contribution >= 0.6 is 24.0 Å². The van der Waals surface area contributed by atoms with Crippen LogP contribution in [0.4, 0.5) is 0 Å². The zero-order valence-electron chi connectivity index (χ0n) is 70.7. The Kier molecular flexibility index (Phi) is 36.6. The number of carboxylic acids is 1. The maximum atomic E-state index is 15.1. The Morgan fingerprint density at radius 3 is 2.01 bits per heavy atom. The first-order chi connectivity index (χ1) is 60.1. The number of benzene rings is 6. The molecule has 5 aromatic rings. The van der Waals surface area contributed by atoms with Crippen molar-refractivity contribution < 1.29 is 86.4 Å². The van der Waals surface area contributed by atoms with Gasteiger partial charge in [0.2, 0.25) is 60.0 Å². The number of aliphatic carboxylic acids is 1. The van der Waals surface area contributed by atoms with Crippen molar-refractivity contribution in [1.82, 2.24) is 46.2 Å². The fraction of sp³-hybridized carbons (Fsp3) is 0.457. The molecular formula is C92H114N12O19S2. The number of amides is 10. The molecule has 11 rings (SSSR count). The van der Waals surface area contributed by atoms with E-state index in [1.165, 1.54) is 55.6 Å². The summed E-state index contributed by atoms with van der Waals surface area (Å²) >= 11 is 7.28. The summed E-state index contributed by atoms with van der Waals surface area (Å²) in [6.45, 7) is 1.49. The van der Waals surface area contributed by atoms with Gasteiger partial charge in [0.25, 0.3) is 12.4 Å². The number of phenols is 1. The smallest absolute Gasteiger partial charge is 0.303 e. The molecule has 5 aromatic carbocycles. The van der Waals surface area contributed by atoms with Gasteiger partial charge in [-0.05, 0) is 177 Å². The Morgan fingerprint density at radius 2 is 1.31 bits per heavy atom. The van der Waals surface area contributed by atoms with Gasteiger partial charge >= 0.3 is 5.97 Å². The third-order valence-corrected chi connectivity index (χ3v) is 23.3. The molecule has 668 valence electrons. The molecule has 125 heavy (non-hydrogen) atoms. The highest BCUT2D eigenvalue weighted by atomic mass is 32.2. The van der Waals surface area contributed by atoms with Crippen LogP contribution in [0, 0.1) is 11.8 Å². The highest BCUT2D eigenvalue weighted by Gasteiger charge is 2.35. The number of thiocarbonyl (C=S) groups is 1. The summed E-state index contributed by atoms with van der Waals surface area (Å²) in [5.41, 5.74) is 22.6. The van der Waals surface area contributed by atoms with Crippen molar-refractivity contribution in [2.75, 3.05) is 78.0 Å². The number of nitrogens with zero attached hydrogens (tertiary/aromatic N) is 4. The Bertz CT molecular complexity index is 4970. The molecule has 0 saturated heterocycles. The van der Waals surface area contributed by atoms with Crippen LogP contribution in [-0.4, -0.2) is 214 Å². The second-order valence-corrected chi connectivity index (χ2v) is 34.4. The first-order valence-electron chi connectivity index (χ1n) is 42.7. The average Bonchev–Trinajstić information content (AvgIpc) is 0.988. The lowest BCUT2D eigenvalue weighted by molar-refractivity contribution is -0.139. The van der Waals surface area contributed by atoms with Gasteiger partial charge in [-0.2, -0.15) is 11.8 Å².